The van der Waals surface area contributed by atoms with E-state index in [4.69, 9.17) is 18.9 Å². The summed E-state index contributed by atoms with van der Waals surface area (Å²) in [4.78, 5) is 27.4. The molecule has 9 heteroatoms. The molecule has 4 atom stereocenters. The summed E-state index contributed by atoms with van der Waals surface area (Å²) >= 11 is 0. The standard InChI is InChI=1S/C38H36FNO7/c1-2-44-36(37(42)40-31(24-46-38(40)43)20-25-7-4-3-5-8-25)35(41)29-14-18-34-28(22-29)13-17-33(47-34)21-26-11-15-32(16-12-26)45-23-27-9-6-10-30(39)19-27/h3-19,22,31,33,35-36,41H,2,20-21,23-24H2,1H3/t31-,33-,35+,36-/m0/s1. The Morgan fingerprint density at radius 1 is 0.957 bits per heavy atom. The van der Waals surface area contributed by atoms with Crippen molar-refractivity contribution in [2.24, 2.45) is 0 Å². The van der Waals surface area contributed by atoms with Crippen molar-refractivity contribution >= 4 is 18.1 Å². The average Bonchev–Trinajstić information content (AvgIpc) is 3.45. The minimum atomic E-state index is -1.33. The molecule has 2 heterocycles. The van der Waals surface area contributed by atoms with Gasteiger partial charge in [0.25, 0.3) is 5.91 Å². The normalized spacial score (nSPS) is 18.2. The number of aliphatic hydroxyl groups is 1. The molecule has 47 heavy (non-hydrogen) atoms. The molecule has 1 fully saturated rings. The Morgan fingerprint density at radius 3 is 2.49 bits per heavy atom. The van der Waals surface area contributed by atoms with Crippen LogP contribution in [0.25, 0.3) is 6.08 Å². The summed E-state index contributed by atoms with van der Waals surface area (Å²) in [6.07, 6.45) is 1.36. The molecule has 0 saturated carbocycles. The molecule has 242 valence electrons. The number of carbonyl (C=O) groups excluding carboxylic acids is 2. The molecule has 4 aromatic rings. The number of hydrogen-bond acceptors (Lipinski definition) is 7. The second kappa shape index (κ2) is 14.6. The van der Waals surface area contributed by atoms with Crippen molar-refractivity contribution in [3.8, 4) is 11.5 Å². The maximum atomic E-state index is 13.7. The number of imide groups is 1. The van der Waals surface area contributed by atoms with E-state index >= 15 is 0 Å². The number of nitrogens with zero attached hydrogens (tertiary/aromatic N) is 1. The summed E-state index contributed by atoms with van der Waals surface area (Å²) in [6.45, 7) is 2.24. The lowest BCUT2D eigenvalue weighted by Gasteiger charge is -2.28. The van der Waals surface area contributed by atoms with Gasteiger partial charge in [0.1, 0.15) is 42.7 Å². The molecule has 0 aromatic heterocycles. The molecule has 1 N–H and O–H groups in total. The quantitative estimate of drug-likeness (QED) is 0.191. The van der Waals surface area contributed by atoms with E-state index < -0.39 is 30.3 Å². The summed E-state index contributed by atoms with van der Waals surface area (Å²) in [5.41, 5.74) is 3.99. The molecular weight excluding hydrogens is 601 g/mol. The number of hydrogen-bond donors (Lipinski definition) is 1. The molecule has 0 bridgehead atoms. The highest BCUT2D eigenvalue weighted by atomic mass is 19.1. The van der Waals surface area contributed by atoms with Gasteiger partial charge in [0.05, 0.1) is 6.04 Å². The largest absolute Gasteiger partial charge is 0.489 e. The van der Waals surface area contributed by atoms with Crippen molar-refractivity contribution in [2.75, 3.05) is 13.2 Å². The lowest BCUT2D eigenvalue weighted by atomic mass is 9.97. The van der Waals surface area contributed by atoms with E-state index in [1.54, 1.807) is 31.2 Å². The summed E-state index contributed by atoms with van der Waals surface area (Å²) < 4.78 is 36.4. The van der Waals surface area contributed by atoms with Crippen LogP contribution >= 0.6 is 0 Å². The molecule has 6 rings (SSSR count). The van der Waals surface area contributed by atoms with E-state index in [0.29, 0.717) is 29.9 Å². The fourth-order valence-electron chi connectivity index (χ4n) is 5.81. The highest BCUT2D eigenvalue weighted by Gasteiger charge is 2.43. The molecule has 4 aromatic carbocycles. The number of amides is 2. The van der Waals surface area contributed by atoms with Gasteiger partial charge in [-0.15, -0.1) is 0 Å². The third kappa shape index (κ3) is 7.70. The highest BCUT2D eigenvalue weighted by molar-refractivity contribution is 5.96. The van der Waals surface area contributed by atoms with Crippen molar-refractivity contribution in [1.29, 1.82) is 0 Å². The van der Waals surface area contributed by atoms with Crippen LogP contribution in [0.15, 0.2) is 103 Å². The number of aliphatic hydroxyl groups excluding tert-OH is 1. The third-order valence-electron chi connectivity index (χ3n) is 8.19. The smallest absolute Gasteiger partial charge is 0.417 e. The van der Waals surface area contributed by atoms with E-state index in [0.717, 1.165) is 27.2 Å². The van der Waals surface area contributed by atoms with Gasteiger partial charge < -0.3 is 24.1 Å². The monoisotopic (exact) mass is 637 g/mol. The Kier molecular flexibility index (Phi) is 9.94. The van der Waals surface area contributed by atoms with E-state index in [2.05, 4.69) is 0 Å². The molecule has 2 aliphatic heterocycles. The van der Waals surface area contributed by atoms with E-state index in [-0.39, 0.29) is 31.7 Å². The first-order valence-corrected chi connectivity index (χ1v) is 15.7. The van der Waals surface area contributed by atoms with Gasteiger partial charge in [0.2, 0.25) is 0 Å². The van der Waals surface area contributed by atoms with Crippen molar-refractivity contribution in [3.05, 3.63) is 137 Å². The van der Waals surface area contributed by atoms with Gasteiger partial charge >= 0.3 is 6.09 Å². The molecule has 0 spiro atoms. The molecule has 0 radical (unpaired) electrons. The summed E-state index contributed by atoms with van der Waals surface area (Å²) in [5, 5.41) is 11.4. The predicted octanol–water partition coefficient (Wildman–Crippen LogP) is 6.45. The number of fused-ring (bicyclic) bond motifs is 1. The maximum absolute atomic E-state index is 13.7. The fraction of sp³-hybridized carbons (Fsp3) is 0.263. The number of carbonyl (C=O) groups is 2. The molecule has 0 unspecified atom stereocenters. The van der Waals surface area contributed by atoms with Crippen LogP contribution < -0.4 is 9.47 Å². The van der Waals surface area contributed by atoms with Crippen molar-refractivity contribution in [3.63, 3.8) is 0 Å². The minimum Gasteiger partial charge on any atom is -0.489 e. The molecule has 8 nitrogen and oxygen atoms in total. The Labute approximate surface area is 273 Å². The lowest BCUT2D eigenvalue weighted by molar-refractivity contribution is -0.149. The summed E-state index contributed by atoms with van der Waals surface area (Å²) in [6, 6.07) is 28.3. The third-order valence-corrected chi connectivity index (χ3v) is 8.19. The van der Waals surface area contributed by atoms with Crippen LogP contribution in [0, 0.1) is 5.82 Å². The van der Waals surface area contributed by atoms with Gasteiger partial charge in [0, 0.05) is 18.6 Å². The Morgan fingerprint density at radius 2 is 1.72 bits per heavy atom. The minimum absolute atomic E-state index is 0.0744. The SMILES string of the molecule is CCO[C@H](C(=O)N1C(=O)OC[C@@H]1Cc1ccccc1)[C@H](O)c1ccc2c(c1)C=C[C@@H](Cc1ccc(OCc3cccc(F)c3)cc1)O2. The Hall–Kier alpha value is -4.99. The Bertz CT molecular complexity index is 1730. The Balaban J connectivity index is 1.08. The van der Waals surface area contributed by atoms with E-state index in [1.807, 2.05) is 72.8 Å². The van der Waals surface area contributed by atoms with Crippen LogP contribution in [0.1, 0.15) is 40.8 Å². The van der Waals surface area contributed by atoms with Crippen molar-refractivity contribution < 1.29 is 38.0 Å². The topological polar surface area (TPSA) is 94.5 Å². The van der Waals surface area contributed by atoms with Gasteiger partial charge in [-0.25, -0.2) is 14.1 Å². The second-order valence-electron chi connectivity index (χ2n) is 11.5. The number of cyclic esters (lactones) is 1. The zero-order valence-electron chi connectivity index (χ0n) is 26.0. The van der Waals surface area contributed by atoms with Crippen molar-refractivity contribution in [2.45, 2.75) is 50.7 Å². The zero-order chi connectivity index (χ0) is 32.8. The molecule has 0 aliphatic carbocycles. The first-order valence-electron chi connectivity index (χ1n) is 15.7. The first kappa shape index (κ1) is 32.0. The molecular formula is C38H36FNO7. The number of ether oxygens (including phenoxy) is 4. The summed E-state index contributed by atoms with van der Waals surface area (Å²) in [7, 11) is 0. The maximum Gasteiger partial charge on any atom is 0.417 e. The first-order chi connectivity index (χ1) is 22.9. The predicted molar refractivity (Wildman–Crippen MR) is 173 cm³/mol. The number of halogens is 1. The number of rotatable bonds is 12. The average molecular weight is 638 g/mol. The molecule has 2 aliphatic rings. The van der Waals surface area contributed by atoms with Crippen LogP contribution in [-0.2, 0) is 33.7 Å². The van der Waals surface area contributed by atoms with E-state index in [9.17, 15) is 19.1 Å². The van der Waals surface area contributed by atoms with Crippen LogP contribution in [0.5, 0.6) is 11.5 Å². The summed E-state index contributed by atoms with van der Waals surface area (Å²) in [5.74, 6) is 0.401. The van der Waals surface area contributed by atoms with Crippen LogP contribution in [-0.4, -0.2) is 53.5 Å². The number of benzene rings is 4. The van der Waals surface area contributed by atoms with Gasteiger partial charge in [-0.1, -0.05) is 66.7 Å². The lowest BCUT2D eigenvalue weighted by Crippen LogP contribution is -2.48. The highest BCUT2D eigenvalue weighted by Crippen LogP contribution is 2.33. The van der Waals surface area contributed by atoms with Gasteiger partial charge in [0.15, 0.2) is 6.10 Å². The van der Waals surface area contributed by atoms with Crippen LogP contribution in [0.2, 0.25) is 0 Å². The van der Waals surface area contributed by atoms with Crippen LogP contribution in [0.4, 0.5) is 9.18 Å². The van der Waals surface area contributed by atoms with Crippen molar-refractivity contribution in [1.82, 2.24) is 4.90 Å². The fourth-order valence-corrected chi connectivity index (χ4v) is 5.81. The van der Waals surface area contributed by atoms with E-state index in [1.165, 1.54) is 12.1 Å². The second-order valence-corrected chi connectivity index (χ2v) is 11.5. The molecule has 1 saturated heterocycles. The van der Waals surface area contributed by atoms with Crippen LogP contribution in [0.3, 0.4) is 0 Å². The van der Waals surface area contributed by atoms with Gasteiger partial charge in [-0.2, -0.15) is 0 Å². The zero-order valence-corrected chi connectivity index (χ0v) is 26.0. The molecule has 2 amide bonds. The van der Waals surface area contributed by atoms with Gasteiger partial charge in [-0.3, -0.25) is 4.79 Å². The van der Waals surface area contributed by atoms with Gasteiger partial charge in [-0.05, 0) is 78.1 Å².